The lowest BCUT2D eigenvalue weighted by Crippen LogP contribution is -2.23. The van der Waals surface area contributed by atoms with Crippen LogP contribution in [0.2, 0.25) is 0 Å². The minimum absolute atomic E-state index is 0.231. The number of rotatable bonds is 4. The average molecular weight is 258 g/mol. The highest BCUT2D eigenvalue weighted by Crippen LogP contribution is 2.46. The molecule has 4 heteroatoms. The number of nitrogens with zero attached hydrogens (tertiary/aromatic N) is 1. The Morgan fingerprint density at radius 3 is 2.63 bits per heavy atom. The van der Waals surface area contributed by atoms with Crippen molar-refractivity contribution in [3.8, 4) is 11.8 Å². The van der Waals surface area contributed by atoms with E-state index in [0.29, 0.717) is 30.2 Å². The minimum Gasteiger partial charge on any atom is -0.495 e. The number of nitrogens with one attached hydrogen (secondary N) is 1. The number of benzene rings is 1. The summed E-state index contributed by atoms with van der Waals surface area (Å²) in [5.41, 5.74) is 0.955. The third kappa shape index (κ3) is 2.55. The largest absolute Gasteiger partial charge is 0.495 e. The molecule has 0 saturated heterocycles. The summed E-state index contributed by atoms with van der Waals surface area (Å²) in [6, 6.07) is 7.81. The topological polar surface area (TPSA) is 62.1 Å². The minimum atomic E-state index is -0.818. The molecule has 0 unspecified atom stereocenters. The first-order valence-corrected chi connectivity index (χ1v) is 6.43. The van der Waals surface area contributed by atoms with E-state index in [0.717, 1.165) is 5.56 Å². The van der Waals surface area contributed by atoms with E-state index in [1.165, 1.54) is 0 Å². The van der Waals surface area contributed by atoms with Crippen molar-refractivity contribution in [3.63, 3.8) is 0 Å². The van der Waals surface area contributed by atoms with E-state index >= 15 is 0 Å². The zero-order chi connectivity index (χ0) is 14.0. The lowest BCUT2D eigenvalue weighted by molar-refractivity contribution is -0.119. The quantitative estimate of drug-likeness (QED) is 0.902. The molecule has 0 bridgehead atoms. The molecule has 1 fully saturated rings. The number of anilines is 1. The van der Waals surface area contributed by atoms with Crippen molar-refractivity contribution in [1.82, 2.24) is 0 Å². The summed E-state index contributed by atoms with van der Waals surface area (Å²) >= 11 is 0. The van der Waals surface area contributed by atoms with E-state index in [2.05, 4.69) is 25.2 Å². The maximum Gasteiger partial charge on any atom is 0.244 e. The predicted molar refractivity (Wildman–Crippen MR) is 73.0 cm³/mol. The van der Waals surface area contributed by atoms with Crippen molar-refractivity contribution in [3.05, 3.63) is 23.8 Å². The lowest BCUT2D eigenvalue weighted by Gasteiger charge is -2.14. The number of ether oxygens (including phenoxy) is 1. The molecule has 1 N–H and O–H groups in total. The second-order valence-corrected chi connectivity index (χ2v) is 5.26. The molecule has 2 rings (SSSR count). The molecule has 1 aliphatic carbocycles. The Balaban J connectivity index is 2.21. The van der Waals surface area contributed by atoms with Crippen LogP contribution in [-0.2, 0) is 4.79 Å². The van der Waals surface area contributed by atoms with Gasteiger partial charge in [0.1, 0.15) is 11.2 Å². The van der Waals surface area contributed by atoms with Crippen molar-refractivity contribution in [2.75, 3.05) is 12.4 Å². The van der Waals surface area contributed by atoms with Gasteiger partial charge in [-0.2, -0.15) is 5.26 Å². The standard InChI is InChI=1S/C15H18N2O2/c1-10(2)11-4-5-12(13(8-11)19-3)17-14(18)15(9-16)6-7-15/h4-5,8,10H,6-7H2,1-3H3,(H,17,18). The summed E-state index contributed by atoms with van der Waals surface area (Å²) < 4.78 is 5.31. The fraction of sp³-hybridized carbons (Fsp3) is 0.467. The number of nitriles is 1. The summed E-state index contributed by atoms with van der Waals surface area (Å²) in [4.78, 5) is 12.0. The van der Waals surface area contributed by atoms with Crippen LogP contribution < -0.4 is 10.1 Å². The van der Waals surface area contributed by atoms with Crippen LogP contribution in [0.3, 0.4) is 0 Å². The van der Waals surface area contributed by atoms with Crippen LogP contribution in [0.15, 0.2) is 18.2 Å². The van der Waals surface area contributed by atoms with Gasteiger partial charge in [0, 0.05) is 0 Å². The second-order valence-electron chi connectivity index (χ2n) is 5.26. The molecule has 0 aliphatic heterocycles. The van der Waals surface area contributed by atoms with Gasteiger partial charge in [-0.25, -0.2) is 0 Å². The van der Waals surface area contributed by atoms with Gasteiger partial charge < -0.3 is 10.1 Å². The van der Waals surface area contributed by atoms with Crippen molar-refractivity contribution in [1.29, 1.82) is 5.26 Å². The van der Waals surface area contributed by atoms with Gasteiger partial charge >= 0.3 is 0 Å². The Morgan fingerprint density at radius 2 is 2.16 bits per heavy atom. The van der Waals surface area contributed by atoms with Gasteiger partial charge in [-0.1, -0.05) is 19.9 Å². The van der Waals surface area contributed by atoms with Gasteiger partial charge in [0.15, 0.2) is 0 Å². The summed E-state index contributed by atoms with van der Waals surface area (Å²) in [5, 5.41) is 11.8. The number of amides is 1. The Kier molecular flexibility index (Phi) is 3.48. The molecule has 1 aliphatic rings. The zero-order valence-electron chi connectivity index (χ0n) is 11.5. The van der Waals surface area contributed by atoms with Crippen LogP contribution in [0.25, 0.3) is 0 Å². The summed E-state index contributed by atoms with van der Waals surface area (Å²) in [6.07, 6.45) is 1.28. The number of methoxy groups -OCH3 is 1. The average Bonchev–Trinajstić information content (AvgIpc) is 3.19. The van der Waals surface area contributed by atoms with Crippen LogP contribution in [0.5, 0.6) is 5.75 Å². The molecule has 1 aromatic carbocycles. The first-order chi connectivity index (χ1) is 9.02. The third-order valence-corrected chi connectivity index (χ3v) is 3.54. The first kappa shape index (κ1) is 13.4. The van der Waals surface area contributed by atoms with Crippen LogP contribution in [0.4, 0.5) is 5.69 Å². The molecule has 1 saturated carbocycles. The predicted octanol–water partition coefficient (Wildman–Crippen LogP) is 3.06. The maximum atomic E-state index is 12.0. The third-order valence-electron chi connectivity index (χ3n) is 3.54. The zero-order valence-corrected chi connectivity index (χ0v) is 11.5. The second kappa shape index (κ2) is 4.93. The molecule has 4 nitrogen and oxygen atoms in total. The summed E-state index contributed by atoms with van der Waals surface area (Å²) in [6.45, 7) is 4.20. The number of hydrogen-bond donors (Lipinski definition) is 1. The van der Waals surface area contributed by atoms with Gasteiger partial charge in [-0.3, -0.25) is 4.79 Å². The smallest absolute Gasteiger partial charge is 0.244 e. The van der Waals surface area contributed by atoms with Crippen LogP contribution in [0.1, 0.15) is 38.2 Å². The summed E-state index contributed by atoms with van der Waals surface area (Å²) in [7, 11) is 1.58. The molecule has 0 radical (unpaired) electrons. The van der Waals surface area contributed by atoms with E-state index < -0.39 is 5.41 Å². The summed E-state index contributed by atoms with van der Waals surface area (Å²) in [5.74, 6) is 0.798. The molecule has 0 heterocycles. The fourth-order valence-corrected chi connectivity index (χ4v) is 1.93. The van der Waals surface area contributed by atoms with E-state index in [4.69, 9.17) is 10.00 Å². The molecule has 1 aromatic rings. The van der Waals surface area contributed by atoms with Gasteiger partial charge in [-0.05, 0) is 36.5 Å². The van der Waals surface area contributed by atoms with Gasteiger partial charge in [0.05, 0.1) is 18.9 Å². The van der Waals surface area contributed by atoms with Crippen molar-refractivity contribution >= 4 is 11.6 Å². The van der Waals surface area contributed by atoms with Crippen molar-refractivity contribution in [2.24, 2.45) is 5.41 Å². The molecule has 19 heavy (non-hydrogen) atoms. The molecule has 100 valence electrons. The molecule has 1 amide bonds. The van der Waals surface area contributed by atoms with Crippen LogP contribution >= 0.6 is 0 Å². The van der Waals surface area contributed by atoms with Crippen LogP contribution in [0, 0.1) is 16.7 Å². The SMILES string of the molecule is COc1cc(C(C)C)ccc1NC(=O)C1(C#N)CC1. The van der Waals surface area contributed by atoms with Gasteiger partial charge in [0.2, 0.25) is 5.91 Å². The van der Waals surface area contributed by atoms with E-state index in [1.807, 2.05) is 18.2 Å². The lowest BCUT2D eigenvalue weighted by atomic mass is 10.0. The maximum absolute atomic E-state index is 12.0. The number of hydrogen-bond acceptors (Lipinski definition) is 3. The highest BCUT2D eigenvalue weighted by molar-refractivity contribution is 6.00. The van der Waals surface area contributed by atoms with Crippen LogP contribution in [-0.4, -0.2) is 13.0 Å². The fourth-order valence-electron chi connectivity index (χ4n) is 1.93. The van der Waals surface area contributed by atoms with E-state index in [9.17, 15) is 4.79 Å². The Bertz CT molecular complexity index is 540. The van der Waals surface area contributed by atoms with E-state index in [-0.39, 0.29) is 5.91 Å². The molecule has 0 spiro atoms. The first-order valence-electron chi connectivity index (χ1n) is 6.43. The van der Waals surface area contributed by atoms with Crippen molar-refractivity contribution < 1.29 is 9.53 Å². The number of carbonyl (C=O) groups excluding carboxylic acids is 1. The normalized spacial score (nSPS) is 15.7. The number of carbonyl (C=O) groups is 1. The molecular formula is C15H18N2O2. The Labute approximate surface area is 113 Å². The molecule has 0 aromatic heterocycles. The van der Waals surface area contributed by atoms with Crippen molar-refractivity contribution in [2.45, 2.75) is 32.6 Å². The van der Waals surface area contributed by atoms with Gasteiger partial charge in [0.25, 0.3) is 0 Å². The highest BCUT2D eigenvalue weighted by Gasteiger charge is 2.50. The Hall–Kier alpha value is -2.02. The Morgan fingerprint density at radius 1 is 1.47 bits per heavy atom. The highest BCUT2D eigenvalue weighted by atomic mass is 16.5. The molecular weight excluding hydrogens is 240 g/mol. The van der Waals surface area contributed by atoms with E-state index in [1.54, 1.807) is 7.11 Å². The molecule has 0 atom stereocenters. The van der Waals surface area contributed by atoms with Gasteiger partial charge in [-0.15, -0.1) is 0 Å². The monoisotopic (exact) mass is 258 g/mol.